The Morgan fingerprint density at radius 1 is 1.14 bits per heavy atom. The van der Waals surface area contributed by atoms with Crippen LogP contribution < -0.4 is 0 Å². The van der Waals surface area contributed by atoms with Gasteiger partial charge in [0.2, 0.25) is 0 Å². The summed E-state index contributed by atoms with van der Waals surface area (Å²) < 4.78 is 2.17. The first-order chi connectivity index (χ1) is 10.2. The molecule has 1 heterocycles. The standard InChI is InChI=1S/C14H9BrN4O2/c15-10-6-7-11(14(20)21)12(8-10)19-13(16-17-18-19)9-4-2-1-3-5-9/h1-8H,(H,20,21). The largest absolute Gasteiger partial charge is 0.478 e. The number of tetrazole rings is 1. The van der Waals surface area contributed by atoms with Gasteiger partial charge in [0.15, 0.2) is 5.82 Å². The van der Waals surface area contributed by atoms with E-state index >= 15 is 0 Å². The molecule has 0 aliphatic heterocycles. The van der Waals surface area contributed by atoms with Crippen LogP contribution in [0.2, 0.25) is 0 Å². The third-order valence-electron chi connectivity index (χ3n) is 2.92. The third kappa shape index (κ3) is 2.55. The fourth-order valence-corrected chi connectivity index (χ4v) is 2.33. The Hall–Kier alpha value is -2.54. The van der Waals surface area contributed by atoms with Crippen LogP contribution in [-0.2, 0) is 0 Å². The van der Waals surface area contributed by atoms with Crippen LogP contribution in [-0.4, -0.2) is 31.3 Å². The summed E-state index contributed by atoms with van der Waals surface area (Å²) >= 11 is 3.34. The van der Waals surface area contributed by atoms with Gasteiger partial charge in [-0.1, -0.05) is 46.3 Å². The summed E-state index contributed by atoms with van der Waals surface area (Å²) in [5.74, 6) is -0.553. The molecule has 0 saturated heterocycles. The smallest absolute Gasteiger partial charge is 0.337 e. The number of carbonyl (C=O) groups is 1. The summed E-state index contributed by atoms with van der Waals surface area (Å²) in [4.78, 5) is 11.4. The van der Waals surface area contributed by atoms with Crippen molar-refractivity contribution in [1.82, 2.24) is 20.2 Å². The number of hydrogen-bond donors (Lipinski definition) is 1. The highest BCUT2D eigenvalue weighted by molar-refractivity contribution is 9.10. The first-order valence-electron chi connectivity index (χ1n) is 6.04. The number of benzene rings is 2. The number of aromatic nitrogens is 4. The Morgan fingerprint density at radius 2 is 1.90 bits per heavy atom. The number of nitrogens with zero attached hydrogens (tertiary/aromatic N) is 4. The molecule has 0 atom stereocenters. The average molecular weight is 345 g/mol. The monoisotopic (exact) mass is 344 g/mol. The van der Waals surface area contributed by atoms with E-state index in [4.69, 9.17) is 0 Å². The number of carboxylic acids is 1. The second-order valence-corrected chi connectivity index (χ2v) is 5.16. The Labute approximate surface area is 128 Å². The lowest BCUT2D eigenvalue weighted by molar-refractivity contribution is 0.0696. The van der Waals surface area contributed by atoms with Gasteiger partial charge in [-0.25, -0.2) is 4.79 Å². The Kier molecular flexibility index (Phi) is 3.49. The highest BCUT2D eigenvalue weighted by Crippen LogP contribution is 2.24. The summed E-state index contributed by atoms with van der Waals surface area (Å²) in [5, 5.41) is 20.9. The van der Waals surface area contributed by atoms with Crippen LogP contribution in [0.4, 0.5) is 0 Å². The van der Waals surface area contributed by atoms with E-state index in [2.05, 4.69) is 31.5 Å². The van der Waals surface area contributed by atoms with Crippen LogP contribution in [0, 0.1) is 0 Å². The zero-order valence-corrected chi connectivity index (χ0v) is 12.2. The Morgan fingerprint density at radius 3 is 2.62 bits per heavy atom. The predicted molar refractivity (Wildman–Crippen MR) is 79.2 cm³/mol. The van der Waals surface area contributed by atoms with Crippen molar-refractivity contribution in [3.8, 4) is 17.1 Å². The van der Waals surface area contributed by atoms with Crippen LogP contribution in [0.3, 0.4) is 0 Å². The SMILES string of the molecule is O=C(O)c1ccc(Br)cc1-n1nnnc1-c1ccccc1. The molecule has 0 aliphatic rings. The number of rotatable bonds is 3. The quantitative estimate of drug-likeness (QED) is 0.789. The third-order valence-corrected chi connectivity index (χ3v) is 3.41. The van der Waals surface area contributed by atoms with E-state index in [1.165, 1.54) is 10.7 Å². The molecule has 0 bridgehead atoms. The minimum absolute atomic E-state index is 0.127. The van der Waals surface area contributed by atoms with E-state index in [1.54, 1.807) is 12.1 Å². The number of carboxylic acid groups (broad SMARTS) is 1. The lowest BCUT2D eigenvalue weighted by atomic mass is 10.1. The molecule has 0 fully saturated rings. The second kappa shape index (κ2) is 5.45. The van der Waals surface area contributed by atoms with Crippen molar-refractivity contribution < 1.29 is 9.90 Å². The molecule has 6 nitrogen and oxygen atoms in total. The Balaban J connectivity index is 2.21. The van der Waals surface area contributed by atoms with E-state index in [-0.39, 0.29) is 5.56 Å². The maximum Gasteiger partial charge on any atom is 0.337 e. The van der Waals surface area contributed by atoms with Crippen LogP contribution >= 0.6 is 15.9 Å². The van der Waals surface area contributed by atoms with E-state index in [1.807, 2.05) is 30.3 Å². The molecule has 104 valence electrons. The van der Waals surface area contributed by atoms with Crippen molar-refractivity contribution in [1.29, 1.82) is 0 Å². The molecule has 0 unspecified atom stereocenters. The molecule has 0 saturated carbocycles. The van der Waals surface area contributed by atoms with E-state index in [0.717, 1.165) is 10.0 Å². The van der Waals surface area contributed by atoms with E-state index < -0.39 is 5.97 Å². The maximum atomic E-state index is 11.4. The summed E-state index contributed by atoms with van der Waals surface area (Å²) in [5.41, 5.74) is 1.34. The molecule has 3 aromatic rings. The highest BCUT2D eigenvalue weighted by atomic mass is 79.9. The lowest BCUT2D eigenvalue weighted by Crippen LogP contribution is -2.08. The second-order valence-electron chi connectivity index (χ2n) is 4.25. The molecule has 7 heteroatoms. The van der Waals surface area contributed by atoms with Crippen molar-refractivity contribution in [2.75, 3.05) is 0 Å². The first kappa shape index (κ1) is 13.4. The van der Waals surface area contributed by atoms with Gasteiger partial charge in [0, 0.05) is 10.0 Å². The number of halogens is 1. The molecular formula is C14H9BrN4O2. The molecule has 0 aliphatic carbocycles. The van der Waals surface area contributed by atoms with Gasteiger partial charge in [-0.3, -0.25) is 0 Å². The molecule has 0 spiro atoms. The minimum atomic E-state index is -1.04. The van der Waals surface area contributed by atoms with Gasteiger partial charge in [0.1, 0.15) is 0 Å². The average Bonchev–Trinajstić information content (AvgIpc) is 2.97. The minimum Gasteiger partial charge on any atom is -0.478 e. The van der Waals surface area contributed by atoms with Crippen molar-refractivity contribution in [3.63, 3.8) is 0 Å². The van der Waals surface area contributed by atoms with Gasteiger partial charge in [-0.15, -0.1) is 5.10 Å². The van der Waals surface area contributed by atoms with Gasteiger partial charge in [-0.2, -0.15) is 4.68 Å². The van der Waals surface area contributed by atoms with Crippen LogP contribution in [0.1, 0.15) is 10.4 Å². The van der Waals surface area contributed by atoms with Crippen LogP contribution in [0.25, 0.3) is 17.1 Å². The van der Waals surface area contributed by atoms with Crippen molar-refractivity contribution in [3.05, 3.63) is 58.6 Å². The molecule has 0 radical (unpaired) electrons. The van der Waals surface area contributed by atoms with Crippen molar-refractivity contribution in [2.24, 2.45) is 0 Å². The summed E-state index contributed by atoms with van der Waals surface area (Å²) in [6, 6.07) is 14.2. The summed E-state index contributed by atoms with van der Waals surface area (Å²) in [6.07, 6.45) is 0. The van der Waals surface area contributed by atoms with Gasteiger partial charge < -0.3 is 5.11 Å². The summed E-state index contributed by atoms with van der Waals surface area (Å²) in [7, 11) is 0. The number of aromatic carboxylic acids is 1. The van der Waals surface area contributed by atoms with E-state index in [9.17, 15) is 9.90 Å². The van der Waals surface area contributed by atoms with E-state index in [0.29, 0.717) is 11.5 Å². The maximum absolute atomic E-state index is 11.4. The predicted octanol–water partition coefficient (Wildman–Crippen LogP) is 2.79. The lowest BCUT2D eigenvalue weighted by Gasteiger charge is -2.08. The zero-order chi connectivity index (χ0) is 14.8. The first-order valence-corrected chi connectivity index (χ1v) is 6.83. The van der Waals surface area contributed by atoms with Crippen LogP contribution in [0.15, 0.2) is 53.0 Å². The van der Waals surface area contributed by atoms with Gasteiger partial charge in [-0.05, 0) is 28.6 Å². The van der Waals surface area contributed by atoms with Gasteiger partial charge >= 0.3 is 5.97 Å². The normalized spacial score (nSPS) is 10.5. The van der Waals surface area contributed by atoms with Crippen LogP contribution in [0.5, 0.6) is 0 Å². The van der Waals surface area contributed by atoms with Gasteiger partial charge in [0.05, 0.1) is 11.3 Å². The zero-order valence-electron chi connectivity index (χ0n) is 10.6. The molecule has 2 aromatic carbocycles. The molecule has 3 rings (SSSR count). The van der Waals surface area contributed by atoms with Crippen molar-refractivity contribution in [2.45, 2.75) is 0 Å². The fourth-order valence-electron chi connectivity index (χ4n) is 1.98. The molecule has 21 heavy (non-hydrogen) atoms. The molecular weight excluding hydrogens is 336 g/mol. The highest BCUT2D eigenvalue weighted by Gasteiger charge is 2.17. The molecule has 1 aromatic heterocycles. The molecule has 1 N–H and O–H groups in total. The summed E-state index contributed by atoms with van der Waals surface area (Å²) in [6.45, 7) is 0. The topological polar surface area (TPSA) is 80.9 Å². The Bertz CT molecular complexity index is 802. The van der Waals surface area contributed by atoms with Crippen molar-refractivity contribution >= 4 is 21.9 Å². The molecule has 0 amide bonds. The fraction of sp³-hybridized carbons (Fsp3) is 0. The number of hydrogen-bond acceptors (Lipinski definition) is 4. The van der Waals surface area contributed by atoms with Gasteiger partial charge in [0.25, 0.3) is 0 Å².